The second-order valence-corrected chi connectivity index (χ2v) is 21.4. The van der Waals surface area contributed by atoms with E-state index in [1.165, 1.54) is 20.7 Å². The summed E-state index contributed by atoms with van der Waals surface area (Å²) in [6.07, 6.45) is 0.797. The van der Waals surface area contributed by atoms with E-state index in [1.54, 1.807) is 0 Å². The molecule has 0 bridgehead atoms. The maximum Gasteiger partial charge on any atom is 0.264 e. The van der Waals surface area contributed by atoms with Crippen molar-refractivity contribution in [2.24, 2.45) is 22.7 Å². The van der Waals surface area contributed by atoms with Crippen molar-refractivity contribution in [1.29, 1.82) is 0 Å². The SMILES string of the molecule is CC(C)(C)C(O[SiH](c1ccccc1)c1ccccc1)[C@@H]1[C@@H](C(O[SiH](c2ccccc2)c2ccccc2)C(C)(C)C)C[C@H]1OS(C)(=O)=O. The number of rotatable bonds is 12. The molecule has 4 aromatic rings. The average molecular weight is 687 g/mol. The molecule has 0 radical (unpaired) electrons. The normalized spacial score (nSPS) is 20.1. The van der Waals surface area contributed by atoms with Gasteiger partial charge in [-0.3, -0.25) is 4.18 Å². The highest BCUT2D eigenvalue weighted by atomic mass is 32.2. The molecular weight excluding hydrogens is 637 g/mol. The Kier molecular flexibility index (Phi) is 11.1. The van der Waals surface area contributed by atoms with Gasteiger partial charge in [0.05, 0.1) is 24.6 Å². The van der Waals surface area contributed by atoms with Crippen LogP contribution in [0.5, 0.6) is 0 Å². The van der Waals surface area contributed by atoms with Gasteiger partial charge in [0.1, 0.15) is 0 Å². The van der Waals surface area contributed by atoms with Gasteiger partial charge in [-0.05, 0) is 43.9 Å². The first-order valence-electron chi connectivity index (χ1n) is 16.6. The lowest BCUT2D eigenvalue weighted by molar-refractivity contribution is -0.154. The van der Waals surface area contributed by atoms with Crippen LogP contribution < -0.4 is 20.7 Å². The van der Waals surface area contributed by atoms with Crippen LogP contribution in [0.15, 0.2) is 121 Å². The zero-order valence-corrected chi connectivity index (χ0v) is 31.9. The quantitative estimate of drug-likeness (QED) is 0.157. The molecule has 1 saturated carbocycles. The Balaban J connectivity index is 1.58. The van der Waals surface area contributed by atoms with Crippen LogP contribution in [0.25, 0.3) is 0 Å². The Bertz CT molecular complexity index is 1580. The second-order valence-electron chi connectivity index (χ2n) is 15.1. The van der Waals surface area contributed by atoms with E-state index >= 15 is 0 Å². The summed E-state index contributed by atoms with van der Waals surface area (Å²) in [5.41, 5.74) is -0.540. The Labute approximate surface area is 285 Å². The highest BCUT2D eigenvalue weighted by Gasteiger charge is 2.57. The minimum Gasteiger partial charge on any atom is -0.407 e. The molecule has 0 aliphatic heterocycles. The second kappa shape index (κ2) is 14.7. The molecule has 47 heavy (non-hydrogen) atoms. The van der Waals surface area contributed by atoms with E-state index in [-0.39, 0.29) is 34.9 Å². The van der Waals surface area contributed by atoms with E-state index in [0.29, 0.717) is 6.42 Å². The number of hydrogen-bond acceptors (Lipinski definition) is 5. The molecule has 0 aromatic heterocycles. The molecule has 0 spiro atoms. The first-order valence-corrected chi connectivity index (χ1v) is 21.7. The van der Waals surface area contributed by atoms with Crippen LogP contribution in [0.4, 0.5) is 0 Å². The number of hydrogen-bond donors (Lipinski definition) is 0. The van der Waals surface area contributed by atoms with Gasteiger partial charge in [0.2, 0.25) is 18.1 Å². The third-order valence-electron chi connectivity index (χ3n) is 9.15. The highest BCUT2D eigenvalue weighted by Crippen LogP contribution is 2.51. The van der Waals surface area contributed by atoms with E-state index in [1.807, 2.05) is 24.3 Å². The molecule has 0 amide bonds. The Morgan fingerprint density at radius 2 is 0.894 bits per heavy atom. The summed E-state index contributed by atoms with van der Waals surface area (Å²) in [5, 5.41) is 4.82. The van der Waals surface area contributed by atoms with Crippen LogP contribution in [0.2, 0.25) is 0 Å². The van der Waals surface area contributed by atoms with Crippen molar-refractivity contribution in [2.45, 2.75) is 66.3 Å². The lowest BCUT2D eigenvalue weighted by atomic mass is 9.58. The Morgan fingerprint density at radius 1 is 0.574 bits per heavy atom. The van der Waals surface area contributed by atoms with Crippen molar-refractivity contribution in [2.75, 3.05) is 6.26 Å². The minimum atomic E-state index is -3.70. The predicted octanol–water partition coefficient (Wildman–Crippen LogP) is 4.91. The summed E-state index contributed by atoms with van der Waals surface area (Å²) in [5.74, 6) is -0.174. The zero-order chi connectivity index (χ0) is 33.8. The molecule has 0 saturated heterocycles. The maximum atomic E-state index is 12.7. The van der Waals surface area contributed by atoms with Crippen LogP contribution in [0.1, 0.15) is 48.0 Å². The van der Waals surface area contributed by atoms with Gasteiger partial charge < -0.3 is 8.85 Å². The third kappa shape index (κ3) is 8.99. The van der Waals surface area contributed by atoms with Gasteiger partial charge in [-0.15, -0.1) is 0 Å². The molecule has 5 rings (SSSR count). The van der Waals surface area contributed by atoms with Crippen molar-refractivity contribution < 1.29 is 21.5 Å². The maximum absolute atomic E-state index is 12.7. The Morgan fingerprint density at radius 3 is 1.19 bits per heavy atom. The monoisotopic (exact) mass is 686 g/mol. The molecule has 1 fully saturated rings. The van der Waals surface area contributed by atoms with Crippen molar-refractivity contribution in [3.63, 3.8) is 0 Å². The fraction of sp³-hybridized carbons (Fsp3) is 0.385. The van der Waals surface area contributed by atoms with Gasteiger partial charge in [0.25, 0.3) is 10.1 Å². The van der Waals surface area contributed by atoms with Crippen LogP contribution >= 0.6 is 0 Å². The van der Waals surface area contributed by atoms with Gasteiger partial charge in [-0.1, -0.05) is 163 Å². The van der Waals surface area contributed by atoms with Crippen molar-refractivity contribution >= 4 is 48.9 Å². The van der Waals surface area contributed by atoms with Crippen molar-refractivity contribution in [1.82, 2.24) is 0 Å². The van der Waals surface area contributed by atoms with E-state index in [4.69, 9.17) is 13.0 Å². The predicted molar refractivity (Wildman–Crippen MR) is 199 cm³/mol. The van der Waals surface area contributed by atoms with Gasteiger partial charge >= 0.3 is 0 Å². The summed E-state index contributed by atoms with van der Waals surface area (Å²) in [4.78, 5) is 0. The third-order valence-corrected chi connectivity index (χ3v) is 14.8. The minimum absolute atomic E-state index is 0.0228. The van der Waals surface area contributed by atoms with E-state index in [0.717, 1.165) is 6.26 Å². The molecular formula is C39H50O5SSi2. The lowest BCUT2D eigenvalue weighted by Crippen LogP contribution is -2.64. The zero-order valence-electron chi connectivity index (χ0n) is 28.7. The molecule has 250 valence electrons. The van der Waals surface area contributed by atoms with Crippen LogP contribution in [0, 0.1) is 22.7 Å². The molecule has 1 aliphatic rings. The van der Waals surface area contributed by atoms with Gasteiger partial charge in [0.15, 0.2) is 0 Å². The average Bonchev–Trinajstić information content (AvgIpc) is 3.02. The standard InChI is InChI=1S/C39H50O5SSi2/c1-38(2,3)36(43-46(29-20-12-8-13-21-29)30-22-14-9-15-23-30)33-28-34(42-45(7,40)41)35(33)37(39(4,5)6)44-47(31-24-16-10-17-25-31)32-26-18-11-19-27-32/h8-27,33-37,46-47H,28H2,1-7H3/t33-,34+,35+,36?,37?/m0/s1. The van der Waals surface area contributed by atoms with Crippen LogP contribution in [-0.2, 0) is 23.2 Å². The molecule has 0 N–H and O–H groups in total. The topological polar surface area (TPSA) is 61.8 Å². The fourth-order valence-electron chi connectivity index (χ4n) is 7.06. The first-order chi connectivity index (χ1) is 22.2. The summed E-state index contributed by atoms with van der Waals surface area (Å²) < 4.78 is 46.1. The smallest absolute Gasteiger partial charge is 0.264 e. The highest BCUT2D eigenvalue weighted by molar-refractivity contribution is 7.86. The Hall–Kier alpha value is -2.86. The van der Waals surface area contributed by atoms with Gasteiger partial charge in [0, 0.05) is 5.92 Å². The van der Waals surface area contributed by atoms with E-state index < -0.39 is 34.3 Å². The molecule has 0 heterocycles. The summed E-state index contributed by atoms with van der Waals surface area (Å²) >= 11 is 0. The molecule has 4 aromatic carbocycles. The summed E-state index contributed by atoms with van der Waals surface area (Å²) in [6, 6.07) is 42.1. The fourth-order valence-corrected chi connectivity index (χ4v) is 13.2. The molecule has 5 nitrogen and oxygen atoms in total. The van der Waals surface area contributed by atoms with Crippen molar-refractivity contribution in [3.8, 4) is 0 Å². The van der Waals surface area contributed by atoms with Gasteiger partial charge in [-0.2, -0.15) is 8.42 Å². The molecule has 5 atom stereocenters. The molecule has 2 unspecified atom stereocenters. The van der Waals surface area contributed by atoms with Crippen LogP contribution in [-0.4, -0.2) is 51.1 Å². The molecule has 8 heteroatoms. The van der Waals surface area contributed by atoms with Crippen molar-refractivity contribution in [3.05, 3.63) is 121 Å². The number of benzene rings is 4. The van der Waals surface area contributed by atoms with Crippen LogP contribution in [0.3, 0.4) is 0 Å². The molecule has 1 aliphatic carbocycles. The lowest BCUT2D eigenvalue weighted by Gasteiger charge is -2.56. The summed E-state index contributed by atoms with van der Waals surface area (Å²) in [6.45, 7) is 13.3. The van der Waals surface area contributed by atoms with E-state index in [2.05, 4.69) is 139 Å². The first kappa shape index (κ1) is 35.5. The summed E-state index contributed by atoms with van der Waals surface area (Å²) in [7, 11) is -8.01. The van der Waals surface area contributed by atoms with Gasteiger partial charge in [-0.25, -0.2) is 0 Å². The van der Waals surface area contributed by atoms with E-state index in [9.17, 15) is 8.42 Å². The largest absolute Gasteiger partial charge is 0.407 e.